The number of hydrogen-bond acceptors (Lipinski definition) is 4. The normalized spacial score (nSPS) is 11.5. The van der Waals surface area contributed by atoms with Crippen LogP contribution in [0.2, 0.25) is 0 Å². The molecule has 0 spiro atoms. The van der Waals surface area contributed by atoms with Crippen molar-refractivity contribution in [2.45, 2.75) is 0 Å². The molecule has 120 valence electrons. The van der Waals surface area contributed by atoms with E-state index in [1.165, 1.54) is 18.2 Å². The molecule has 0 bridgehead atoms. The third-order valence-corrected chi connectivity index (χ3v) is 3.30. The molecule has 3 aromatic rings. The van der Waals surface area contributed by atoms with Crippen molar-refractivity contribution in [3.8, 4) is 5.88 Å². The Morgan fingerprint density at radius 3 is 2.79 bits per heavy atom. The van der Waals surface area contributed by atoms with E-state index in [9.17, 15) is 9.50 Å². The van der Waals surface area contributed by atoms with Crippen LogP contribution in [0.1, 0.15) is 5.56 Å². The van der Waals surface area contributed by atoms with Gasteiger partial charge in [0, 0.05) is 5.39 Å². The lowest BCUT2D eigenvalue weighted by molar-refractivity contribution is 0.459. The number of fused-ring (bicyclic) bond motifs is 1. The molecule has 2 aromatic carbocycles. The zero-order valence-electron chi connectivity index (χ0n) is 12.3. The summed E-state index contributed by atoms with van der Waals surface area (Å²) in [5.41, 5.74) is 4.10. The topological polar surface area (TPSA) is 85.1 Å². The monoisotopic (exact) mass is 341 g/mol. The Morgan fingerprint density at radius 1 is 1.21 bits per heavy atom. The first kappa shape index (κ1) is 15.8. The van der Waals surface area contributed by atoms with Crippen LogP contribution < -0.4 is 5.43 Å². The quantitative estimate of drug-likeness (QED) is 0.291. The fourth-order valence-electron chi connectivity index (χ4n) is 2.06. The molecule has 0 saturated heterocycles. The van der Waals surface area contributed by atoms with E-state index in [0.717, 1.165) is 5.56 Å². The van der Waals surface area contributed by atoms with Gasteiger partial charge in [-0.25, -0.2) is 4.39 Å². The molecule has 0 saturated carbocycles. The lowest BCUT2D eigenvalue weighted by atomic mass is 10.2. The summed E-state index contributed by atoms with van der Waals surface area (Å²) in [5, 5.41) is 21.8. The number of nitrogens with one attached hydrogen (secondary N) is 2. The number of hydrazone groups is 1. The van der Waals surface area contributed by atoms with Gasteiger partial charge in [-0.15, -0.1) is 10.2 Å². The fourth-order valence-corrected chi connectivity index (χ4v) is 2.15. The largest absolute Gasteiger partial charge is 0.493 e. The van der Waals surface area contributed by atoms with Gasteiger partial charge in [0.25, 0.3) is 0 Å². The standard InChI is InChI=1S/C16H12FN5OS/c17-11-6-7-13-12(8-11)14(15(23)19-13)20-22-16(24)21-18-9-10-4-2-1-3-5-10/h1-9,19,23H,(H,21,24)/b18-9+,22-20?. The summed E-state index contributed by atoms with van der Waals surface area (Å²) in [5.74, 6) is -0.652. The number of aromatic nitrogens is 1. The predicted molar refractivity (Wildman–Crippen MR) is 94.2 cm³/mol. The van der Waals surface area contributed by atoms with Crippen molar-refractivity contribution in [1.82, 2.24) is 10.4 Å². The van der Waals surface area contributed by atoms with Crippen molar-refractivity contribution >= 4 is 40.1 Å². The minimum absolute atomic E-state index is 0.00679. The zero-order valence-corrected chi connectivity index (χ0v) is 13.1. The first-order chi connectivity index (χ1) is 11.6. The molecular weight excluding hydrogens is 329 g/mol. The number of nitrogens with zero attached hydrogens (tertiary/aromatic N) is 3. The third kappa shape index (κ3) is 3.61. The first-order valence-electron chi connectivity index (χ1n) is 6.93. The van der Waals surface area contributed by atoms with Crippen LogP contribution in [0.5, 0.6) is 5.88 Å². The highest BCUT2D eigenvalue weighted by Gasteiger charge is 2.11. The average molecular weight is 341 g/mol. The highest BCUT2D eigenvalue weighted by molar-refractivity contribution is 7.80. The lowest BCUT2D eigenvalue weighted by Crippen LogP contribution is -2.11. The zero-order chi connectivity index (χ0) is 16.9. The maximum absolute atomic E-state index is 13.3. The molecule has 0 amide bonds. The summed E-state index contributed by atoms with van der Waals surface area (Å²) in [7, 11) is 0. The molecular formula is C16H12FN5OS. The van der Waals surface area contributed by atoms with Crippen LogP contribution in [0.3, 0.4) is 0 Å². The van der Waals surface area contributed by atoms with Gasteiger partial charge < -0.3 is 10.1 Å². The Hall–Kier alpha value is -3.13. The van der Waals surface area contributed by atoms with Crippen molar-refractivity contribution < 1.29 is 9.50 Å². The number of halogens is 1. The summed E-state index contributed by atoms with van der Waals surface area (Å²) < 4.78 is 13.3. The van der Waals surface area contributed by atoms with Gasteiger partial charge in [0.05, 0.1) is 11.7 Å². The van der Waals surface area contributed by atoms with Gasteiger partial charge in [0.15, 0.2) is 5.69 Å². The van der Waals surface area contributed by atoms with E-state index in [2.05, 4.69) is 25.7 Å². The van der Waals surface area contributed by atoms with Gasteiger partial charge >= 0.3 is 0 Å². The first-order valence-corrected chi connectivity index (χ1v) is 7.34. The molecule has 0 aliphatic rings. The third-order valence-electron chi connectivity index (χ3n) is 3.13. The molecule has 0 radical (unpaired) electrons. The SMILES string of the molecule is Oc1[nH]c2ccc(F)cc2c1N=NC(=S)N/N=C/c1ccccc1. The molecule has 24 heavy (non-hydrogen) atoms. The number of azo groups is 1. The number of benzene rings is 2. The van der Waals surface area contributed by atoms with Crippen LogP contribution in [0, 0.1) is 5.82 Å². The van der Waals surface area contributed by atoms with Crippen molar-refractivity contribution in [2.75, 3.05) is 0 Å². The summed E-state index contributed by atoms with van der Waals surface area (Å²) in [4.78, 5) is 2.68. The van der Waals surface area contributed by atoms with Crippen LogP contribution in [0.15, 0.2) is 63.9 Å². The smallest absolute Gasteiger partial charge is 0.234 e. The molecule has 1 heterocycles. The van der Waals surface area contributed by atoms with E-state index in [0.29, 0.717) is 10.9 Å². The van der Waals surface area contributed by atoms with Crippen molar-refractivity contribution in [3.63, 3.8) is 0 Å². The van der Waals surface area contributed by atoms with Gasteiger partial charge in [-0.05, 0) is 36.0 Å². The number of aromatic hydroxyl groups is 1. The highest BCUT2D eigenvalue weighted by atomic mass is 32.1. The van der Waals surface area contributed by atoms with Gasteiger partial charge in [0.2, 0.25) is 11.0 Å². The summed E-state index contributed by atoms with van der Waals surface area (Å²) in [6.45, 7) is 0. The fraction of sp³-hybridized carbons (Fsp3) is 0. The van der Waals surface area contributed by atoms with E-state index in [4.69, 9.17) is 12.2 Å². The second kappa shape index (κ2) is 6.97. The van der Waals surface area contributed by atoms with E-state index >= 15 is 0 Å². The number of rotatable bonds is 3. The summed E-state index contributed by atoms with van der Waals surface area (Å²) >= 11 is 4.98. The van der Waals surface area contributed by atoms with Crippen molar-refractivity contribution in [3.05, 3.63) is 59.9 Å². The number of H-pyrrole nitrogens is 1. The highest BCUT2D eigenvalue weighted by Crippen LogP contribution is 2.35. The molecule has 0 aliphatic carbocycles. The van der Waals surface area contributed by atoms with E-state index in [-0.39, 0.29) is 16.7 Å². The molecule has 3 rings (SSSR count). The van der Waals surface area contributed by atoms with Crippen LogP contribution in [0.25, 0.3) is 10.9 Å². The molecule has 0 aliphatic heterocycles. The van der Waals surface area contributed by atoms with Gasteiger partial charge in [0.1, 0.15) is 5.82 Å². The van der Waals surface area contributed by atoms with Gasteiger partial charge in [-0.3, -0.25) is 5.43 Å². The van der Waals surface area contributed by atoms with E-state index in [1.54, 1.807) is 6.21 Å². The molecule has 6 nitrogen and oxygen atoms in total. The Morgan fingerprint density at radius 2 is 2.00 bits per heavy atom. The van der Waals surface area contributed by atoms with Crippen LogP contribution in [-0.2, 0) is 0 Å². The molecule has 3 N–H and O–H groups in total. The Balaban J connectivity index is 1.71. The minimum Gasteiger partial charge on any atom is -0.493 e. The number of thiocarbonyl (C=S) groups is 1. The number of aromatic amines is 1. The van der Waals surface area contributed by atoms with E-state index in [1.807, 2.05) is 30.3 Å². The molecule has 1 aromatic heterocycles. The molecule has 8 heteroatoms. The molecule has 0 fully saturated rings. The van der Waals surface area contributed by atoms with Crippen molar-refractivity contribution in [1.29, 1.82) is 0 Å². The second-order valence-electron chi connectivity index (χ2n) is 4.80. The Kier molecular flexibility index (Phi) is 4.57. The molecule has 0 atom stereocenters. The van der Waals surface area contributed by atoms with Crippen LogP contribution >= 0.6 is 12.2 Å². The lowest BCUT2D eigenvalue weighted by Gasteiger charge is -1.96. The van der Waals surface area contributed by atoms with Crippen LogP contribution in [0.4, 0.5) is 10.1 Å². The maximum atomic E-state index is 13.3. The van der Waals surface area contributed by atoms with Crippen molar-refractivity contribution in [2.24, 2.45) is 15.3 Å². The average Bonchev–Trinajstić information content (AvgIpc) is 2.88. The Bertz CT molecular complexity index is 936. The predicted octanol–water partition coefficient (Wildman–Crippen LogP) is 4.00. The summed E-state index contributed by atoms with van der Waals surface area (Å²) in [6, 6.07) is 13.5. The van der Waals surface area contributed by atoms with Crippen LogP contribution in [-0.4, -0.2) is 21.4 Å². The number of hydrogen-bond donors (Lipinski definition) is 3. The Labute approximate surface area is 141 Å². The van der Waals surface area contributed by atoms with E-state index < -0.39 is 5.82 Å². The maximum Gasteiger partial charge on any atom is 0.234 e. The van der Waals surface area contributed by atoms with Gasteiger partial charge in [-0.1, -0.05) is 30.3 Å². The summed E-state index contributed by atoms with van der Waals surface area (Å²) in [6.07, 6.45) is 1.58. The second-order valence-corrected chi connectivity index (χ2v) is 5.18. The minimum atomic E-state index is -0.439. The molecule has 0 unspecified atom stereocenters. The van der Waals surface area contributed by atoms with Gasteiger partial charge in [-0.2, -0.15) is 5.10 Å².